The maximum Gasteiger partial charge on any atom is 0.251 e. The number of amides is 1. The van der Waals surface area contributed by atoms with Gasteiger partial charge in [0.05, 0.1) is 11.5 Å². The zero-order valence-electron chi connectivity index (χ0n) is 11.8. The Balaban J connectivity index is 2.04. The Hall–Kier alpha value is -1.56. The van der Waals surface area contributed by atoms with Gasteiger partial charge in [-0.15, -0.1) is 0 Å². The normalized spacial score (nSPS) is 20.6. The molecule has 0 radical (unpaired) electrons. The molecule has 0 spiro atoms. The van der Waals surface area contributed by atoms with Crippen LogP contribution in [0.15, 0.2) is 18.2 Å². The summed E-state index contributed by atoms with van der Waals surface area (Å²) in [6.07, 6.45) is 0.503. The molecule has 0 aliphatic carbocycles. The molecule has 1 aromatic carbocycles. The number of nitrogens with one attached hydrogen (secondary N) is 2. The van der Waals surface area contributed by atoms with Gasteiger partial charge in [0.25, 0.3) is 5.91 Å². The topological polar surface area (TPSA) is 75.3 Å². The van der Waals surface area contributed by atoms with Gasteiger partial charge in [0, 0.05) is 23.8 Å². The molecule has 20 heavy (non-hydrogen) atoms. The molecule has 1 amide bonds. The summed E-state index contributed by atoms with van der Waals surface area (Å²) >= 11 is 0. The lowest BCUT2D eigenvalue weighted by Gasteiger charge is -2.13. The molecule has 1 fully saturated rings. The number of anilines is 1. The molecule has 2 N–H and O–H groups in total. The average Bonchev–Trinajstić information content (AvgIpc) is 2.71. The summed E-state index contributed by atoms with van der Waals surface area (Å²) < 4.78 is 22.7. The zero-order valence-corrected chi connectivity index (χ0v) is 12.6. The van der Waals surface area contributed by atoms with Gasteiger partial charge < -0.3 is 10.6 Å². The lowest BCUT2D eigenvalue weighted by molar-refractivity contribution is 0.0941. The van der Waals surface area contributed by atoms with Crippen molar-refractivity contribution in [3.63, 3.8) is 0 Å². The van der Waals surface area contributed by atoms with Crippen LogP contribution >= 0.6 is 0 Å². The summed E-state index contributed by atoms with van der Waals surface area (Å²) in [6.45, 7) is 4.78. The van der Waals surface area contributed by atoms with E-state index in [2.05, 4.69) is 10.6 Å². The minimum atomic E-state index is -2.97. The Morgan fingerprint density at radius 3 is 2.70 bits per heavy atom. The Bertz CT molecular complexity index is 611. The number of aryl methyl sites for hydroxylation is 1. The maximum absolute atomic E-state index is 12.1. The molecule has 1 saturated heterocycles. The molecule has 1 unspecified atom stereocenters. The van der Waals surface area contributed by atoms with Crippen molar-refractivity contribution >= 4 is 21.4 Å². The summed E-state index contributed by atoms with van der Waals surface area (Å²) in [4.78, 5) is 12.1. The number of carbonyl (C=O) groups is 1. The first-order valence-corrected chi connectivity index (χ1v) is 8.59. The van der Waals surface area contributed by atoms with Crippen LogP contribution in [-0.4, -0.2) is 38.4 Å². The van der Waals surface area contributed by atoms with Crippen molar-refractivity contribution in [2.75, 3.05) is 23.4 Å². The van der Waals surface area contributed by atoms with Crippen LogP contribution in [0.1, 0.15) is 29.3 Å². The van der Waals surface area contributed by atoms with Gasteiger partial charge in [0.2, 0.25) is 0 Å². The van der Waals surface area contributed by atoms with E-state index >= 15 is 0 Å². The largest absolute Gasteiger partial charge is 0.385 e. The molecule has 0 aromatic heterocycles. The first-order chi connectivity index (χ1) is 9.41. The van der Waals surface area contributed by atoms with Gasteiger partial charge >= 0.3 is 0 Å². The van der Waals surface area contributed by atoms with Gasteiger partial charge in [-0.3, -0.25) is 4.79 Å². The summed E-state index contributed by atoms with van der Waals surface area (Å²) in [7, 11) is -2.97. The second kappa shape index (κ2) is 5.83. The van der Waals surface area contributed by atoms with Crippen molar-refractivity contribution in [2.45, 2.75) is 26.3 Å². The van der Waals surface area contributed by atoms with E-state index in [1.165, 1.54) is 0 Å². The number of carbonyl (C=O) groups excluding carboxylic acids is 1. The SMILES string of the molecule is CCNc1ccc(C(=O)NC2CCS(=O)(=O)C2)cc1C. The first-order valence-electron chi connectivity index (χ1n) is 6.77. The highest BCUT2D eigenvalue weighted by Crippen LogP contribution is 2.17. The van der Waals surface area contributed by atoms with Crippen LogP contribution in [0.3, 0.4) is 0 Å². The Kier molecular flexibility index (Phi) is 4.32. The van der Waals surface area contributed by atoms with Crippen molar-refractivity contribution in [1.29, 1.82) is 0 Å². The monoisotopic (exact) mass is 296 g/mol. The molecule has 6 heteroatoms. The van der Waals surface area contributed by atoms with E-state index in [1.54, 1.807) is 6.07 Å². The molecule has 110 valence electrons. The number of hydrogen-bond donors (Lipinski definition) is 2. The van der Waals surface area contributed by atoms with E-state index in [1.807, 2.05) is 26.0 Å². The third-order valence-corrected chi connectivity index (χ3v) is 5.19. The van der Waals surface area contributed by atoms with Gasteiger partial charge in [-0.25, -0.2) is 8.42 Å². The minimum Gasteiger partial charge on any atom is -0.385 e. The lowest BCUT2D eigenvalue weighted by atomic mass is 10.1. The van der Waals surface area contributed by atoms with Crippen LogP contribution in [0, 0.1) is 6.92 Å². The van der Waals surface area contributed by atoms with Crippen LogP contribution in [-0.2, 0) is 9.84 Å². The molecular weight excluding hydrogens is 276 g/mol. The van der Waals surface area contributed by atoms with E-state index in [0.717, 1.165) is 17.8 Å². The number of sulfone groups is 1. The molecule has 1 atom stereocenters. The minimum absolute atomic E-state index is 0.0488. The van der Waals surface area contributed by atoms with Gasteiger partial charge in [-0.05, 0) is 44.0 Å². The number of benzene rings is 1. The lowest BCUT2D eigenvalue weighted by Crippen LogP contribution is -2.35. The smallest absolute Gasteiger partial charge is 0.251 e. The van der Waals surface area contributed by atoms with Crippen LogP contribution < -0.4 is 10.6 Å². The molecule has 1 heterocycles. The highest BCUT2D eigenvalue weighted by Gasteiger charge is 2.29. The van der Waals surface area contributed by atoms with Gasteiger partial charge in [-0.2, -0.15) is 0 Å². The van der Waals surface area contributed by atoms with Crippen LogP contribution in [0.4, 0.5) is 5.69 Å². The van der Waals surface area contributed by atoms with Gasteiger partial charge in [-0.1, -0.05) is 0 Å². The van der Waals surface area contributed by atoms with E-state index < -0.39 is 9.84 Å². The second-order valence-corrected chi connectivity index (χ2v) is 7.36. The molecule has 0 saturated carbocycles. The zero-order chi connectivity index (χ0) is 14.8. The summed E-state index contributed by atoms with van der Waals surface area (Å²) in [6, 6.07) is 5.18. The van der Waals surface area contributed by atoms with E-state index in [4.69, 9.17) is 0 Å². The fourth-order valence-electron chi connectivity index (χ4n) is 2.37. The van der Waals surface area contributed by atoms with Crippen molar-refractivity contribution in [2.24, 2.45) is 0 Å². The fourth-order valence-corrected chi connectivity index (χ4v) is 4.04. The Morgan fingerprint density at radius 2 is 2.15 bits per heavy atom. The summed E-state index contributed by atoms with van der Waals surface area (Å²) in [5, 5.41) is 6.01. The van der Waals surface area contributed by atoms with E-state index in [0.29, 0.717) is 12.0 Å². The quantitative estimate of drug-likeness (QED) is 0.879. The summed E-state index contributed by atoms with van der Waals surface area (Å²) in [5.41, 5.74) is 2.57. The third-order valence-electron chi connectivity index (χ3n) is 3.42. The fraction of sp³-hybridized carbons (Fsp3) is 0.500. The standard InChI is InChI=1S/C14H20N2O3S/c1-3-15-13-5-4-11(8-10(13)2)14(17)16-12-6-7-20(18,19)9-12/h4-5,8,12,15H,3,6-7,9H2,1-2H3,(H,16,17). The highest BCUT2D eigenvalue weighted by molar-refractivity contribution is 7.91. The molecule has 5 nitrogen and oxygen atoms in total. The summed E-state index contributed by atoms with van der Waals surface area (Å²) in [5.74, 6) is 0.00188. The average molecular weight is 296 g/mol. The number of rotatable bonds is 4. The predicted octanol–water partition coefficient (Wildman–Crippen LogP) is 1.34. The van der Waals surface area contributed by atoms with Crippen LogP contribution in [0.25, 0.3) is 0 Å². The second-order valence-electron chi connectivity index (χ2n) is 5.13. The molecule has 1 aliphatic heterocycles. The predicted molar refractivity (Wildman–Crippen MR) is 79.9 cm³/mol. The van der Waals surface area contributed by atoms with Gasteiger partial charge in [0.1, 0.15) is 0 Å². The van der Waals surface area contributed by atoms with E-state index in [9.17, 15) is 13.2 Å². The van der Waals surface area contributed by atoms with Crippen molar-refractivity contribution in [3.8, 4) is 0 Å². The van der Waals surface area contributed by atoms with Gasteiger partial charge in [0.15, 0.2) is 9.84 Å². The first kappa shape index (κ1) is 14.8. The molecule has 0 bridgehead atoms. The van der Waals surface area contributed by atoms with Crippen molar-refractivity contribution in [3.05, 3.63) is 29.3 Å². The molecule has 2 rings (SSSR count). The number of hydrogen-bond acceptors (Lipinski definition) is 4. The Labute approximate surface area is 119 Å². The Morgan fingerprint density at radius 1 is 1.40 bits per heavy atom. The maximum atomic E-state index is 12.1. The van der Waals surface area contributed by atoms with Crippen LogP contribution in [0.2, 0.25) is 0 Å². The van der Waals surface area contributed by atoms with Crippen LogP contribution in [0.5, 0.6) is 0 Å². The highest BCUT2D eigenvalue weighted by atomic mass is 32.2. The molecule has 1 aromatic rings. The third kappa shape index (κ3) is 3.50. The van der Waals surface area contributed by atoms with E-state index in [-0.39, 0.29) is 23.5 Å². The van der Waals surface area contributed by atoms with Crippen molar-refractivity contribution < 1.29 is 13.2 Å². The molecular formula is C14H20N2O3S. The molecule has 1 aliphatic rings. The van der Waals surface area contributed by atoms with Crippen molar-refractivity contribution in [1.82, 2.24) is 5.32 Å².